The highest BCUT2D eigenvalue weighted by atomic mass is 16.5. The number of nitrogens with zero attached hydrogens (tertiary/aromatic N) is 2. The number of hydrogen-bond acceptors (Lipinski definition) is 3. The normalized spacial score (nSPS) is 15.6. The van der Waals surface area contributed by atoms with Crippen LogP contribution in [0.15, 0.2) is 24.3 Å². The molecule has 0 N–H and O–H groups in total. The molecule has 5 nitrogen and oxygen atoms in total. The third-order valence-electron chi connectivity index (χ3n) is 3.93. The number of rotatable bonds is 3. The molecule has 120 valence electrons. The Bertz CT molecular complexity index is 542. The lowest BCUT2D eigenvalue weighted by molar-refractivity contribution is -0.134. The molecule has 1 aliphatic heterocycles. The van der Waals surface area contributed by atoms with Gasteiger partial charge in [0.1, 0.15) is 5.75 Å². The van der Waals surface area contributed by atoms with E-state index in [-0.39, 0.29) is 17.7 Å². The Kier molecular flexibility index (Phi) is 5.41. The fraction of sp³-hybridized carbons (Fsp3) is 0.529. The lowest BCUT2D eigenvalue weighted by Crippen LogP contribution is -2.39. The van der Waals surface area contributed by atoms with Gasteiger partial charge < -0.3 is 14.5 Å². The maximum atomic E-state index is 12.7. The number of methoxy groups -OCH3 is 1. The second kappa shape index (κ2) is 7.29. The first kappa shape index (κ1) is 16.3. The minimum absolute atomic E-state index is 0.00327. The van der Waals surface area contributed by atoms with Crippen LogP contribution in [0.1, 0.15) is 30.6 Å². The Labute approximate surface area is 131 Å². The van der Waals surface area contributed by atoms with Crippen LogP contribution in [0.4, 0.5) is 0 Å². The molecule has 1 aromatic rings. The zero-order chi connectivity index (χ0) is 16.1. The van der Waals surface area contributed by atoms with Gasteiger partial charge >= 0.3 is 0 Å². The summed E-state index contributed by atoms with van der Waals surface area (Å²) in [6.07, 6.45) is 0.805. The summed E-state index contributed by atoms with van der Waals surface area (Å²) >= 11 is 0. The van der Waals surface area contributed by atoms with E-state index in [1.807, 2.05) is 35.8 Å². The van der Waals surface area contributed by atoms with Crippen molar-refractivity contribution in [2.75, 3.05) is 33.3 Å². The number of carbonyl (C=O) groups excluding carboxylic acids is 2. The highest BCUT2D eigenvalue weighted by Gasteiger charge is 2.25. The smallest absolute Gasteiger partial charge is 0.257 e. The van der Waals surface area contributed by atoms with Gasteiger partial charge in [0.15, 0.2) is 0 Å². The average Bonchev–Trinajstić information content (AvgIpc) is 2.79. The van der Waals surface area contributed by atoms with E-state index in [1.54, 1.807) is 19.2 Å². The van der Waals surface area contributed by atoms with E-state index in [1.165, 1.54) is 0 Å². The summed E-state index contributed by atoms with van der Waals surface area (Å²) in [5.41, 5.74) is 0.577. The van der Waals surface area contributed by atoms with Crippen molar-refractivity contribution in [2.45, 2.75) is 20.3 Å². The van der Waals surface area contributed by atoms with Gasteiger partial charge in [0.2, 0.25) is 5.91 Å². The monoisotopic (exact) mass is 304 g/mol. The van der Waals surface area contributed by atoms with Crippen LogP contribution in [0.5, 0.6) is 5.75 Å². The van der Waals surface area contributed by atoms with Gasteiger partial charge in [-0.2, -0.15) is 0 Å². The van der Waals surface area contributed by atoms with Crippen molar-refractivity contribution in [3.63, 3.8) is 0 Å². The highest BCUT2D eigenvalue weighted by molar-refractivity contribution is 5.97. The van der Waals surface area contributed by atoms with Crippen molar-refractivity contribution in [3.8, 4) is 5.75 Å². The van der Waals surface area contributed by atoms with Gasteiger partial charge in [-0.15, -0.1) is 0 Å². The maximum absolute atomic E-state index is 12.7. The Balaban J connectivity index is 2.07. The summed E-state index contributed by atoms with van der Waals surface area (Å²) in [4.78, 5) is 28.5. The zero-order valence-electron chi connectivity index (χ0n) is 13.5. The van der Waals surface area contributed by atoms with Gasteiger partial charge in [0.25, 0.3) is 5.91 Å². The first-order valence-electron chi connectivity index (χ1n) is 7.75. The molecule has 0 aromatic heterocycles. The molecular weight excluding hydrogens is 280 g/mol. The Morgan fingerprint density at radius 3 is 2.36 bits per heavy atom. The minimum Gasteiger partial charge on any atom is -0.496 e. The first-order chi connectivity index (χ1) is 10.5. The first-order valence-corrected chi connectivity index (χ1v) is 7.75. The van der Waals surface area contributed by atoms with Gasteiger partial charge in [-0.3, -0.25) is 9.59 Å². The Morgan fingerprint density at radius 2 is 1.68 bits per heavy atom. The topological polar surface area (TPSA) is 49.9 Å². The van der Waals surface area contributed by atoms with E-state index in [4.69, 9.17) is 4.74 Å². The third kappa shape index (κ3) is 3.59. The molecule has 22 heavy (non-hydrogen) atoms. The molecule has 1 aromatic carbocycles. The number of para-hydroxylation sites is 1. The number of carbonyl (C=O) groups is 2. The Morgan fingerprint density at radius 1 is 1.05 bits per heavy atom. The molecule has 1 fully saturated rings. The summed E-state index contributed by atoms with van der Waals surface area (Å²) in [7, 11) is 1.57. The molecule has 0 aliphatic carbocycles. The van der Waals surface area contributed by atoms with Crippen molar-refractivity contribution < 1.29 is 14.3 Å². The molecular formula is C17H24N2O3. The number of benzene rings is 1. The van der Waals surface area contributed by atoms with E-state index in [0.717, 1.165) is 6.42 Å². The minimum atomic E-state index is -0.0312. The molecule has 0 spiro atoms. The van der Waals surface area contributed by atoms with Crippen LogP contribution in [0.3, 0.4) is 0 Å². The van der Waals surface area contributed by atoms with Crippen molar-refractivity contribution >= 4 is 11.8 Å². The van der Waals surface area contributed by atoms with Crippen LogP contribution in [0.2, 0.25) is 0 Å². The number of amides is 2. The van der Waals surface area contributed by atoms with E-state index in [2.05, 4.69) is 0 Å². The molecule has 0 bridgehead atoms. The second-order valence-corrected chi connectivity index (χ2v) is 5.83. The van der Waals surface area contributed by atoms with Crippen LogP contribution >= 0.6 is 0 Å². The summed E-state index contributed by atoms with van der Waals surface area (Å²) in [5, 5.41) is 0. The molecule has 2 amide bonds. The van der Waals surface area contributed by atoms with Gasteiger partial charge in [-0.1, -0.05) is 26.0 Å². The summed E-state index contributed by atoms with van der Waals surface area (Å²) in [6, 6.07) is 7.26. The predicted molar refractivity (Wildman–Crippen MR) is 84.9 cm³/mol. The molecule has 0 atom stereocenters. The fourth-order valence-electron chi connectivity index (χ4n) is 2.70. The van der Waals surface area contributed by atoms with Gasteiger partial charge in [0.05, 0.1) is 12.7 Å². The molecule has 1 aliphatic rings. The number of ether oxygens (including phenoxy) is 1. The van der Waals surface area contributed by atoms with E-state index in [0.29, 0.717) is 37.5 Å². The molecule has 0 radical (unpaired) electrons. The zero-order valence-corrected chi connectivity index (χ0v) is 13.5. The second-order valence-electron chi connectivity index (χ2n) is 5.83. The van der Waals surface area contributed by atoms with Gasteiger partial charge in [-0.25, -0.2) is 0 Å². The molecule has 2 rings (SSSR count). The van der Waals surface area contributed by atoms with Crippen molar-refractivity contribution in [1.82, 2.24) is 9.80 Å². The van der Waals surface area contributed by atoms with Gasteiger partial charge in [0, 0.05) is 32.1 Å². The van der Waals surface area contributed by atoms with Crippen molar-refractivity contribution in [1.29, 1.82) is 0 Å². The molecule has 0 saturated carbocycles. The van der Waals surface area contributed by atoms with E-state index >= 15 is 0 Å². The lowest BCUT2D eigenvalue weighted by Gasteiger charge is -2.24. The lowest BCUT2D eigenvalue weighted by atomic mass is 10.1. The standard InChI is InChI=1S/C17H24N2O3/c1-13(2)16(20)18-9-6-10-19(12-11-18)17(21)14-7-4-5-8-15(14)22-3/h4-5,7-8,13H,6,9-12H2,1-3H3. The van der Waals surface area contributed by atoms with Crippen molar-refractivity contribution in [3.05, 3.63) is 29.8 Å². The maximum Gasteiger partial charge on any atom is 0.257 e. The third-order valence-corrected chi connectivity index (χ3v) is 3.93. The summed E-state index contributed by atoms with van der Waals surface area (Å²) in [5.74, 6) is 0.714. The van der Waals surface area contributed by atoms with Gasteiger partial charge in [-0.05, 0) is 18.6 Å². The number of hydrogen-bond donors (Lipinski definition) is 0. The average molecular weight is 304 g/mol. The SMILES string of the molecule is COc1ccccc1C(=O)N1CCCN(C(=O)C(C)C)CC1. The quantitative estimate of drug-likeness (QED) is 0.858. The fourth-order valence-corrected chi connectivity index (χ4v) is 2.70. The van der Waals surface area contributed by atoms with E-state index in [9.17, 15) is 9.59 Å². The van der Waals surface area contributed by atoms with Crippen LogP contribution in [0, 0.1) is 5.92 Å². The predicted octanol–water partition coefficient (Wildman–Crippen LogP) is 2.03. The molecule has 0 unspecified atom stereocenters. The molecule has 1 heterocycles. The van der Waals surface area contributed by atoms with E-state index < -0.39 is 0 Å². The molecule has 5 heteroatoms. The largest absolute Gasteiger partial charge is 0.496 e. The van der Waals surface area contributed by atoms with Crippen molar-refractivity contribution in [2.24, 2.45) is 5.92 Å². The summed E-state index contributed by atoms with van der Waals surface area (Å²) < 4.78 is 5.27. The van der Waals surface area contributed by atoms with Crippen LogP contribution < -0.4 is 4.74 Å². The highest BCUT2D eigenvalue weighted by Crippen LogP contribution is 2.20. The molecule has 1 saturated heterocycles. The summed E-state index contributed by atoms with van der Waals surface area (Å²) in [6.45, 7) is 6.36. The van der Waals surface area contributed by atoms with Crippen LogP contribution in [0.25, 0.3) is 0 Å². The van der Waals surface area contributed by atoms with Crippen LogP contribution in [-0.4, -0.2) is 54.9 Å². The Hall–Kier alpha value is -2.04. The van der Waals surface area contributed by atoms with Crippen LogP contribution in [-0.2, 0) is 4.79 Å².